The van der Waals surface area contributed by atoms with Crippen molar-refractivity contribution in [2.75, 3.05) is 6.61 Å². The molecular formula is C31H27ClF2N2O5S. The number of esters is 1. The van der Waals surface area contributed by atoms with Gasteiger partial charge in [-0.25, -0.2) is 17.2 Å². The van der Waals surface area contributed by atoms with Gasteiger partial charge < -0.3 is 10.1 Å². The summed E-state index contributed by atoms with van der Waals surface area (Å²) in [6.07, 6.45) is 0.191. The zero-order valence-electron chi connectivity index (χ0n) is 22.2. The molecule has 4 rings (SSSR count). The third-order valence-electron chi connectivity index (χ3n) is 6.25. The quantitative estimate of drug-likeness (QED) is 0.171. The average molecular weight is 613 g/mol. The van der Waals surface area contributed by atoms with Crippen LogP contribution in [0.3, 0.4) is 0 Å². The van der Waals surface area contributed by atoms with Gasteiger partial charge in [0.1, 0.15) is 29.2 Å². The fourth-order valence-electron chi connectivity index (χ4n) is 4.18. The number of ether oxygens (including phenoxy) is 1. The van der Waals surface area contributed by atoms with Crippen LogP contribution in [0.4, 0.5) is 8.78 Å². The number of rotatable bonds is 12. The first-order valence-corrected chi connectivity index (χ1v) is 14.8. The van der Waals surface area contributed by atoms with E-state index >= 15 is 0 Å². The normalized spacial score (nSPS) is 12.7. The van der Waals surface area contributed by atoms with Gasteiger partial charge in [-0.2, -0.15) is 4.72 Å². The van der Waals surface area contributed by atoms with E-state index < -0.39 is 49.6 Å². The van der Waals surface area contributed by atoms with Crippen LogP contribution in [-0.4, -0.2) is 39.0 Å². The lowest BCUT2D eigenvalue weighted by Crippen LogP contribution is -2.46. The predicted molar refractivity (Wildman–Crippen MR) is 154 cm³/mol. The van der Waals surface area contributed by atoms with E-state index in [1.807, 2.05) is 30.3 Å². The molecule has 11 heteroatoms. The lowest BCUT2D eigenvalue weighted by atomic mass is 10.1. The van der Waals surface area contributed by atoms with Gasteiger partial charge in [-0.05, 0) is 42.2 Å². The van der Waals surface area contributed by atoms with Gasteiger partial charge in [0.15, 0.2) is 0 Å². The topological polar surface area (TPSA) is 102 Å². The van der Waals surface area contributed by atoms with Crippen molar-refractivity contribution in [2.45, 2.75) is 29.8 Å². The van der Waals surface area contributed by atoms with Crippen LogP contribution in [0.15, 0.2) is 108 Å². The lowest BCUT2D eigenvalue weighted by molar-refractivity contribution is -0.146. The summed E-state index contributed by atoms with van der Waals surface area (Å²) in [7, 11) is -4.68. The smallest absolute Gasteiger partial charge is 0.324 e. The maximum absolute atomic E-state index is 14.5. The molecule has 0 radical (unpaired) electrons. The standard InChI is InChI=1S/C31H27ClF2N2O5S/c32-25-18-29(27(34)19-26(25)33)42(39,40)36-28(17-22-12-6-2-7-13-22)31(38)41-20-24(16-21-10-4-1-5-11-21)35-30(37)23-14-8-3-9-15-23/h1-15,18-19,24,28,36H,16-17,20H2,(H,35,37)/t24-,28-/m0/s1. The molecule has 1 amide bonds. The van der Waals surface area contributed by atoms with Crippen LogP contribution >= 0.6 is 11.6 Å². The van der Waals surface area contributed by atoms with Crippen LogP contribution in [0.2, 0.25) is 5.02 Å². The highest BCUT2D eigenvalue weighted by Gasteiger charge is 2.30. The Hall–Kier alpha value is -4.12. The van der Waals surface area contributed by atoms with Crippen molar-refractivity contribution >= 4 is 33.5 Å². The Kier molecular flexibility index (Phi) is 10.4. The summed E-state index contributed by atoms with van der Waals surface area (Å²) in [5, 5.41) is 2.26. The zero-order chi connectivity index (χ0) is 30.1. The van der Waals surface area contributed by atoms with Crippen molar-refractivity contribution in [3.63, 3.8) is 0 Å². The number of hydrogen-bond donors (Lipinski definition) is 2. The van der Waals surface area contributed by atoms with Crippen LogP contribution in [0.25, 0.3) is 0 Å². The first-order valence-electron chi connectivity index (χ1n) is 12.9. The lowest BCUT2D eigenvalue weighted by Gasteiger charge is -2.22. The van der Waals surface area contributed by atoms with Gasteiger partial charge in [-0.3, -0.25) is 9.59 Å². The molecule has 0 unspecified atom stereocenters. The van der Waals surface area contributed by atoms with E-state index in [0.717, 1.165) is 5.56 Å². The van der Waals surface area contributed by atoms with Crippen molar-refractivity contribution in [1.82, 2.24) is 10.0 Å². The summed E-state index contributed by atoms with van der Waals surface area (Å²) >= 11 is 5.70. The Bertz CT molecular complexity index is 1630. The molecule has 4 aromatic carbocycles. The van der Waals surface area contributed by atoms with Gasteiger partial charge >= 0.3 is 5.97 Å². The molecule has 2 N–H and O–H groups in total. The van der Waals surface area contributed by atoms with Gasteiger partial charge in [0, 0.05) is 11.6 Å². The van der Waals surface area contributed by atoms with Gasteiger partial charge in [0.2, 0.25) is 10.0 Å². The van der Waals surface area contributed by atoms with E-state index in [2.05, 4.69) is 10.0 Å². The SMILES string of the molecule is O=C(N[C@H](COC(=O)[C@H](Cc1ccccc1)NS(=O)(=O)c1cc(Cl)c(F)cc1F)Cc1ccccc1)c1ccccc1. The number of benzene rings is 4. The van der Waals surface area contributed by atoms with Crippen LogP contribution in [0, 0.1) is 11.6 Å². The summed E-state index contributed by atoms with van der Waals surface area (Å²) in [6.45, 7) is -0.282. The van der Waals surface area contributed by atoms with E-state index in [4.69, 9.17) is 16.3 Å². The molecule has 0 heterocycles. The Morgan fingerprint density at radius 3 is 1.93 bits per heavy atom. The molecule has 0 aromatic heterocycles. The number of sulfonamides is 1. The molecule has 0 spiro atoms. The van der Waals surface area contributed by atoms with Gasteiger partial charge in [0.25, 0.3) is 5.91 Å². The van der Waals surface area contributed by atoms with Crippen molar-refractivity contribution < 1.29 is 31.5 Å². The Labute approximate surface area is 247 Å². The molecule has 0 aliphatic carbocycles. The van der Waals surface area contributed by atoms with Crippen LogP contribution in [0.5, 0.6) is 0 Å². The number of carbonyl (C=O) groups excluding carboxylic acids is 2. The molecule has 7 nitrogen and oxygen atoms in total. The maximum atomic E-state index is 14.5. The Morgan fingerprint density at radius 2 is 1.33 bits per heavy atom. The van der Waals surface area contributed by atoms with E-state index in [-0.39, 0.29) is 18.9 Å². The fourth-order valence-corrected chi connectivity index (χ4v) is 5.67. The number of carbonyl (C=O) groups is 2. The fraction of sp³-hybridized carbons (Fsp3) is 0.161. The second kappa shape index (κ2) is 14.2. The van der Waals surface area contributed by atoms with Crippen molar-refractivity contribution in [2.24, 2.45) is 0 Å². The first-order chi connectivity index (χ1) is 20.1. The van der Waals surface area contributed by atoms with Gasteiger partial charge in [-0.15, -0.1) is 0 Å². The molecule has 4 aromatic rings. The molecule has 2 atom stereocenters. The van der Waals surface area contributed by atoms with Crippen molar-refractivity contribution in [3.05, 3.63) is 136 Å². The summed E-state index contributed by atoms with van der Waals surface area (Å²) in [5.74, 6) is -3.83. The predicted octanol–water partition coefficient (Wildman–Crippen LogP) is 5.09. The van der Waals surface area contributed by atoms with Crippen LogP contribution in [-0.2, 0) is 32.4 Å². The first kappa shape index (κ1) is 30.8. The Balaban J connectivity index is 1.55. The summed E-state index contributed by atoms with van der Waals surface area (Å²) in [6, 6.07) is 25.1. The molecule has 0 aliphatic rings. The maximum Gasteiger partial charge on any atom is 0.324 e. The monoisotopic (exact) mass is 612 g/mol. The molecule has 42 heavy (non-hydrogen) atoms. The molecule has 0 bridgehead atoms. The average Bonchev–Trinajstić information content (AvgIpc) is 2.98. The third-order valence-corrected chi connectivity index (χ3v) is 8.03. The summed E-state index contributed by atoms with van der Waals surface area (Å²) < 4.78 is 62.0. The minimum Gasteiger partial charge on any atom is -0.462 e. The van der Waals surface area contributed by atoms with Crippen LogP contribution in [0.1, 0.15) is 21.5 Å². The van der Waals surface area contributed by atoms with E-state index in [1.165, 1.54) is 0 Å². The molecule has 0 saturated heterocycles. The largest absolute Gasteiger partial charge is 0.462 e. The molecule has 0 saturated carbocycles. The zero-order valence-corrected chi connectivity index (χ0v) is 23.7. The molecular weight excluding hydrogens is 586 g/mol. The van der Waals surface area contributed by atoms with E-state index in [1.54, 1.807) is 60.7 Å². The second-order valence-corrected chi connectivity index (χ2v) is 11.5. The van der Waals surface area contributed by atoms with Crippen LogP contribution < -0.4 is 10.0 Å². The second-order valence-electron chi connectivity index (χ2n) is 9.42. The number of nitrogens with one attached hydrogen (secondary N) is 2. The molecule has 0 aliphatic heterocycles. The Morgan fingerprint density at radius 1 is 0.786 bits per heavy atom. The minimum absolute atomic E-state index is 0.130. The highest BCUT2D eigenvalue weighted by molar-refractivity contribution is 7.89. The molecule has 0 fully saturated rings. The minimum atomic E-state index is -4.68. The van der Waals surface area contributed by atoms with E-state index in [9.17, 15) is 26.8 Å². The number of hydrogen-bond acceptors (Lipinski definition) is 5. The summed E-state index contributed by atoms with van der Waals surface area (Å²) in [4.78, 5) is 25.3. The molecule has 218 valence electrons. The van der Waals surface area contributed by atoms with Gasteiger partial charge in [-0.1, -0.05) is 90.5 Å². The summed E-state index contributed by atoms with van der Waals surface area (Å²) in [5.41, 5.74) is 1.88. The highest BCUT2D eigenvalue weighted by atomic mass is 35.5. The van der Waals surface area contributed by atoms with Crippen molar-refractivity contribution in [1.29, 1.82) is 0 Å². The number of halogens is 3. The van der Waals surface area contributed by atoms with Crippen molar-refractivity contribution in [3.8, 4) is 0 Å². The van der Waals surface area contributed by atoms with E-state index in [0.29, 0.717) is 29.7 Å². The number of amides is 1. The highest BCUT2D eigenvalue weighted by Crippen LogP contribution is 2.23. The van der Waals surface area contributed by atoms with Gasteiger partial charge in [0.05, 0.1) is 11.1 Å². The third kappa shape index (κ3) is 8.45.